The van der Waals surface area contributed by atoms with Gasteiger partial charge in [-0.2, -0.15) is 0 Å². The Bertz CT molecular complexity index is 190. The summed E-state index contributed by atoms with van der Waals surface area (Å²) in [5.74, 6) is 0.800. The fourth-order valence-corrected chi connectivity index (χ4v) is 3.32. The van der Waals surface area contributed by atoms with Crippen molar-refractivity contribution in [2.75, 3.05) is 13.6 Å². The Morgan fingerprint density at radius 1 is 1.25 bits per heavy atom. The summed E-state index contributed by atoms with van der Waals surface area (Å²) >= 11 is 0. The first-order valence-electron chi connectivity index (χ1n) is 7.17. The third-order valence-electron chi connectivity index (χ3n) is 4.29. The Morgan fingerprint density at radius 2 is 1.81 bits per heavy atom. The Kier molecular flexibility index (Phi) is 5.30. The maximum absolute atomic E-state index is 2.59. The van der Waals surface area contributed by atoms with E-state index in [-0.39, 0.29) is 0 Å². The Labute approximate surface area is 103 Å². The van der Waals surface area contributed by atoms with Gasteiger partial charge in [-0.25, -0.2) is 0 Å². The van der Waals surface area contributed by atoms with Crippen molar-refractivity contribution >= 4 is 0 Å². The SMILES string of the molecule is CCC[C@]1(C)CC[C@H](N(C)CC(C)C)CC1. The molecule has 0 heterocycles. The summed E-state index contributed by atoms with van der Waals surface area (Å²) in [6.45, 7) is 10.7. The molecular weight excluding hydrogens is 194 g/mol. The molecule has 0 aromatic rings. The van der Waals surface area contributed by atoms with Gasteiger partial charge in [0.2, 0.25) is 0 Å². The quantitative estimate of drug-likeness (QED) is 0.673. The summed E-state index contributed by atoms with van der Waals surface area (Å²) in [6.07, 6.45) is 8.48. The van der Waals surface area contributed by atoms with E-state index in [9.17, 15) is 0 Å². The Morgan fingerprint density at radius 3 is 2.25 bits per heavy atom. The van der Waals surface area contributed by atoms with Crippen LogP contribution in [0.2, 0.25) is 0 Å². The first-order valence-corrected chi connectivity index (χ1v) is 7.17. The molecule has 0 aromatic heterocycles. The van der Waals surface area contributed by atoms with Crippen LogP contribution in [0.3, 0.4) is 0 Å². The first kappa shape index (κ1) is 14.0. The fourth-order valence-electron chi connectivity index (χ4n) is 3.32. The summed E-state index contributed by atoms with van der Waals surface area (Å²) in [5.41, 5.74) is 0.657. The number of hydrogen-bond donors (Lipinski definition) is 0. The molecule has 0 saturated heterocycles. The van der Waals surface area contributed by atoms with Crippen LogP contribution in [0.5, 0.6) is 0 Å². The highest BCUT2D eigenvalue weighted by atomic mass is 15.1. The molecule has 0 atom stereocenters. The molecule has 1 aliphatic rings. The monoisotopic (exact) mass is 225 g/mol. The molecule has 0 N–H and O–H groups in total. The lowest BCUT2D eigenvalue weighted by atomic mass is 9.71. The molecule has 0 aliphatic heterocycles. The molecule has 1 aliphatic carbocycles. The molecule has 1 saturated carbocycles. The van der Waals surface area contributed by atoms with Crippen molar-refractivity contribution in [3.8, 4) is 0 Å². The maximum Gasteiger partial charge on any atom is 0.00927 e. The largest absolute Gasteiger partial charge is 0.303 e. The van der Waals surface area contributed by atoms with E-state index in [1.807, 2.05) is 0 Å². The van der Waals surface area contributed by atoms with E-state index in [0.29, 0.717) is 5.41 Å². The normalized spacial score (nSPS) is 31.3. The summed E-state index contributed by atoms with van der Waals surface area (Å²) < 4.78 is 0. The third-order valence-corrected chi connectivity index (χ3v) is 4.29. The molecule has 1 fully saturated rings. The highest BCUT2D eigenvalue weighted by molar-refractivity contribution is 4.85. The van der Waals surface area contributed by atoms with Crippen LogP contribution in [-0.2, 0) is 0 Å². The molecule has 96 valence electrons. The highest BCUT2D eigenvalue weighted by Gasteiger charge is 2.31. The van der Waals surface area contributed by atoms with Crippen molar-refractivity contribution in [1.29, 1.82) is 0 Å². The van der Waals surface area contributed by atoms with E-state index in [1.165, 1.54) is 45.1 Å². The predicted molar refractivity (Wildman–Crippen MR) is 72.7 cm³/mol. The minimum Gasteiger partial charge on any atom is -0.303 e. The van der Waals surface area contributed by atoms with Gasteiger partial charge < -0.3 is 4.90 Å². The zero-order valence-corrected chi connectivity index (χ0v) is 12.1. The van der Waals surface area contributed by atoms with Gasteiger partial charge in [-0.05, 0) is 50.5 Å². The zero-order valence-electron chi connectivity index (χ0n) is 12.1. The van der Waals surface area contributed by atoms with Crippen LogP contribution in [0.4, 0.5) is 0 Å². The van der Waals surface area contributed by atoms with Gasteiger partial charge in [-0.1, -0.05) is 34.1 Å². The lowest BCUT2D eigenvalue weighted by Gasteiger charge is -2.41. The minimum absolute atomic E-state index is 0.657. The second kappa shape index (κ2) is 6.05. The standard InChI is InChI=1S/C15H31N/c1-6-9-15(4)10-7-14(8-11-15)16(5)12-13(2)3/h13-14H,6-12H2,1-5H3/t14-,15+. The molecule has 0 radical (unpaired) electrons. The predicted octanol–water partition coefficient (Wildman–Crippen LogP) is 4.32. The molecular formula is C15H31N. The van der Waals surface area contributed by atoms with Crippen LogP contribution in [0.25, 0.3) is 0 Å². The van der Waals surface area contributed by atoms with Crippen LogP contribution in [-0.4, -0.2) is 24.5 Å². The third kappa shape index (κ3) is 4.08. The van der Waals surface area contributed by atoms with E-state index >= 15 is 0 Å². The summed E-state index contributed by atoms with van der Waals surface area (Å²) in [4.78, 5) is 2.59. The Balaban J connectivity index is 2.36. The molecule has 16 heavy (non-hydrogen) atoms. The van der Waals surface area contributed by atoms with Gasteiger partial charge in [-0.3, -0.25) is 0 Å². The lowest BCUT2D eigenvalue weighted by Crippen LogP contribution is -2.39. The molecule has 0 spiro atoms. The second-order valence-corrected chi connectivity index (χ2v) is 6.63. The summed E-state index contributed by atoms with van der Waals surface area (Å²) in [5, 5.41) is 0. The van der Waals surface area contributed by atoms with Gasteiger partial charge in [0.1, 0.15) is 0 Å². The van der Waals surface area contributed by atoms with Gasteiger partial charge in [0.25, 0.3) is 0 Å². The van der Waals surface area contributed by atoms with E-state index in [2.05, 4.69) is 39.6 Å². The van der Waals surface area contributed by atoms with E-state index in [4.69, 9.17) is 0 Å². The van der Waals surface area contributed by atoms with E-state index in [1.54, 1.807) is 0 Å². The van der Waals surface area contributed by atoms with Crippen molar-refractivity contribution in [3.63, 3.8) is 0 Å². The molecule has 0 unspecified atom stereocenters. The average molecular weight is 225 g/mol. The van der Waals surface area contributed by atoms with Crippen molar-refractivity contribution in [3.05, 3.63) is 0 Å². The van der Waals surface area contributed by atoms with E-state index in [0.717, 1.165) is 12.0 Å². The van der Waals surface area contributed by atoms with Crippen LogP contribution < -0.4 is 0 Å². The number of nitrogens with zero attached hydrogens (tertiary/aromatic N) is 1. The Hall–Kier alpha value is -0.0400. The molecule has 1 rings (SSSR count). The summed E-state index contributed by atoms with van der Waals surface area (Å²) in [6, 6.07) is 0.854. The van der Waals surface area contributed by atoms with Gasteiger partial charge in [0, 0.05) is 12.6 Å². The fraction of sp³-hybridized carbons (Fsp3) is 1.00. The van der Waals surface area contributed by atoms with Crippen LogP contribution in [0, 0.1) is 11.3 Å². The van der Waals surface area contributed by atoms with Crippen molar-refractivity contribution in [2.45, 2.75) is 72.3 Å². The van der Waals surface area contributed by atoms with Crippen molar-refractivity contribution < 1.29 is 0 Å². The minimum atomic E-state index is 0.657. The van der Waals surface area contributed by atoms with Gasteiger partial charge in [0.15, 0.2) is 0 Å². The van der Waals surface area contributed by atoms with Crippen LogP contribution in [0.15, 0.2) is 0 Å². The van der Waals surface area contributed by atoms with Gasteiger partial charge in [0.05, 0.1) is 0 Å². The van der Waals surface area contributed by atoms with Crippen molar-refractivity contribution in [2.24, 2.45) is 11.3 Å². The second-order valence-electron chi connectivity index (χ2n) is 6.63. The zero-order chi connectivity index (χ0) is 12.2. The number of hydrogen-bond acceptors (Lipinski definition) is 1. The topological polar surface area (TPSA) is 3.24 Å². The molecule has 1 nitrogen and oxygen atoms in total. The van der Waals surface area contributed by atoms with Crippen LogP contribution >= 0.6 is 0 Å². The molecule has 0 aromatic carbocycles. The highest BCUT2D eigenvalue weighted by Crippen LogP contribution is 2.40. The van der Waals surface area contributed by atoms with E-state index < -0.39 is 0 Å². The van der Waals surface area contributed by atoms with Gasteiger partial charge in [-0.15, -0.1) is 0 Å². The lowest BCUT2D eigenvalue weighted by molar-refractivity contribution is 0.102. The summed E-state index contributed by atoms with van der Waals surface area (Å²) in [7, 11) is 2.31. The smallest absolute Gasteiger partial charge is 0.00927 e. The molecule has 0 amide bonds. The first-order chi connectivity index (χ1) is 7.47. The number of rotatable bonds is 5. The van der Waals surface area contributed by atoms with Crippen molar-refractivity contribution in [1.82, 2.24) is 4.90 Å². The van der Waals surface area contributed by atoms with Crippen LogP contribution in [0.1, 0.15) is 66.2 Å². The maximum atomic E-state index is 2.59. The molecule has 0 bridgehead atoms. The molecule has 1 heteroatoms. The van der Waals surface area contributed by atoms with Gasteiger partial charge >= 0.3 is 0 Å². The average Bonchev–Trinajstić information content (AvgIpc) is 2.17.